The van der Waals surface area contributed by atoms with E-state index in [2.05, 4.69) is 4.72 Å². The van der Waals surface area contributed by atoms with Crippen molar-refractivity contribution in [2.75, 3.05) is 24.1 Å². The number of aliphatic carboxylic acids is 1. The van der Waals surface area contributed by atoms with Crippen molar-refractivity contribution in [3.05, 3.63) is 29.6 Å². The van der Waals surface area contributed by atoms with Gasteiger partial charge in [0.25, 0.3) is 5.91 Å². The third kappa shape index (κ3) is 4.41. The van der Waals surface area contributed by atoms with Crippen LogP contribution in [0.2, 0.25) is 0 Å². The Bertz CT molecular complexity index is 727. The topological polar surface area (TPSA) is 104 Å². The molecular weight excluding hydrogens is 327 g/mol. The van der Waals surface area contributed by atoms with Crippen LogP contribution >= 0.6 is 0 Å². The normalized spacial score (nSPS) is 16.2. The molecule has 1 aliphatic rings. The first-order chi connectivity index (χ1) is 10.7. The van der Waals surface area contributed by atoms with E-state index in [4.69, 9.17) is 5.11 Å². The number of benzene rings is 1. The zero-order chi connectivity index (χ0) is 17.2. The number of carboxylic acid groups (broad SMARTS) is 1. The Morgan fingerprint density at radius 1 is 1.30 bits per heavy atom. The van der Waals surface area contributed by atoms with Crippen LogP contribution in [0.4, 0.5) is 10.1 Å². The molecule has 0 atom stereocenters. The van der Waals surface area contributed by atoms with Crippen molar-refractivity contribution < 1.29 is 27.5 Å². The molecule has 0 unspecified atom stereocenters. The second-order valence-corrected chi connectivity index (χ2v) is 7.22. The maximum Gasteiger partial charge on any atom is 0.306 e. The van der Waals surface area contributed by atoms with Crippen LogP contribution in [0.15, 0.2) is 18.2 Å². The third-order valence-corrected chi connectivity index (χ3v) is 4.23. The van der Waals surface area contributed by atoms with E-state index in [9.17, 15) is 22.4 Å². The summed E-state index contributed by atoms with van der Waals surface area (Å²) in [5.41, 5.74) is -0.0940. The Hall–Kier alpha value is -2.16. The summed E-state index contributed by atoms with van der Waals surface area (Å²) in [5, 5.41) is 8.96. The number of piperidine rings is 1. The molecule has 1 aromatic carbocycles. The van der Waals surface area contributed by atoms with Gasteiger partial charge in [-0.1, -0.05) is 0 Å². The summed E-state index contributed by atoms with van der Waals surface area (Å²) in [6, 6.07) is 3.22. The van der Waals surface area contributed by atoms with E-state index in [1.807, 2.05) is 0 Å². The van der Waals surface area contributed by atoms with Gasteiger partial charge in [0.15, 0.2) is 0 Å². The fraction of sp³-hybridized carbons (Fsp3) is 0.429. The maximum absolute atomic E-state index is 13.4. The minimum absolute atomic E-state index is 0.000687. The summed E-state index contributed by atoms with van der Waals surface area (Å²) in [4.78, 5) is 24.8. The fourth-order valence-electron chi connectivity index (χ4n) is 2.48. The Kier molecular flexibility index (Phi) is 4.88. The highest BCUT2D eigenvalue weighted by atomic mass is 32.2. The Morgan fingerprint density at radius 3 is 2.43 bits per heavy atom. The number of nitrogens with one attached hydrogen (secondary N) is 1. The molecule has 1 heterocycles. The molecule has 9 heteroatoms. The number of anilines is 1. The monoisotopic (exact) mass is 344 g/mol. The molecule has 1 fully saturated rings. The van der Waals surface area contributed by atoms with Crippen molar-refractivity contribution in [3.8, 4) is 0 Å². The number of amides is 1. The molecule has 2 N–H and O–H groups in total. The highest BCUT2D eigenvalue weighted by Gasteiger charge is 2.29. The van der Waals surface area contributed by atoms with Gasteiger partial charge in [0.05, 0.1) is 23.4 Å². The lowest BCUT2D eigenvalue weighted by molar-refractivity contribution is -0.143. The minimum atomic E-state index is -3.62. The lowest BCUT2D eigenvalue weighted by Gasteiger charge is -2.30. The SMILES string of the molecule is CS(=O)(=O)Nc1ccc(F)cc1C(=O)N1CCC(C(=O)O)CC1. The van der Waals surface area contributed by atoms with Gasteiger partial charge in [-0.2, -0.15) is 0 Å². The molecule has 0 bridgehead atoms. The molecule has 126 valence electrons. The summed E-state index contributed by atoms with van der Waals surface area (Å²) >= 11 is 0. The fourth-order valence-corrected chi connectivity index (χ4v) is 3.06. The van der Waals surface area contributed by atoms with Crippen LogP contribution in [-0.4, -0.2) is 49.6 Å². The van der Waals surface area contributed by atoms with Crippen molar-refractivity contribution in [2.45, 2.75) is 12.8 Å². The molecule has 0 saturated carbocycles. The number of carboxylic acids is 1. The minimum Gasteiger partial charge on any atom is -0.481 e. The van der Waals surface area contributed by atoms with Crippen molar-refractivity contribution in [2.24, 2.45) is 5.92 Å². The van der Waals surface area contributed by atoms with Crippen LogP contribution in [0.3, 0.4) is 0 Å². The van der Waals surface area contributed by atoms with Gasteiger partial charge in [0.1, 0.15) is 5.82 Å². The average molecular weight is 344 g/mol. The van der Waals surface area contributed by atoms with Crippen molar-refractivity contribution >= 4 is 27.6 Å². The number of carbonyl (C=O) groups excluding carboxylic acids is 1. The van der Waals surface area contributed by atoms with Crippen LogP contribution in [-0.2, 0) is 14.8 Å². The molecular formula is C14H17FN2O5S. The molecule has 2 rings (SSSR count). The van der Waals surface area contributed by atoms with Crippen LogP contribution in [0.1, 0.15) is 23.2 Å². The predicted octanol–water partition coefficient (Wildman–Crippen LogP) is 1.13. The summed E-state index contributed by atoms with van der Waals surface area (Å²) in [6.45, 7) is 0.454. The van der Waals surface area contributed by atoms with Crippen LogP contribution in [0, 0.1) is 11.7 Å². The van der Waals surface area contributed by atoms with E-state index in [0.29, 0.717) is 12.8 Å². The highest BCUT2D eigenvalue weighted by molar-refractivity contribution is 7.92. The zero-order valence-corrected chi connectivity index (χ0v) is 13.3. The Balaban J connectivity index is 2.22. The Labute approximate surface area is 133 Å². The molecule has 1 saturated heterocycles. The van der Waals surface area contributed by atoms with Crippen molar-refractivity contribution in [3.63, 3.8) is 0 Å². The first-order valence-corrected chi connectivity index (χ1v) is 8.86. The standard InChI is InChI=1S/C14H17FN2O5S/c1-23(21,22)16-12-3-2-10(15)8-11(12)13(18)17-6-4-9(5-7-17)14(19)20/h2-3,8-9,16H,4-7H2,1H3,(H,19,20). The number of hydrogen-bond donors (Lipinski definition) is 2. The quantitative estimate of drug-likeness (QED) is 0.852. The van der Waals surface area contributed by atoms with Gasteiger partial charge in [0, 0.05) is 13.1 Å². The molecule has 0 aromatic heterocycles. The van der Waals surface area contributed by atoms with Gasteiger partial charge in [-0.25, -0.2) is 12.8 Å². The molecule has 0 aliphatic carbocycles. The number of rotatable bonds is 4. The molecule has 0 spiro atoms. The lowest BCUT2D eigenvalue weighted by atomic mass is 9.96. The van der Waals surface area contributed by atoms with Gasteiger partial charge in [-0.05, 0) is 31.0 Å². The number of halogens is 1. The largest absolute Gasteiger partial charge is 0.481 e. The summed E-state index contributed by atoms with van der Waals surface area (Å²) < 4.78 is 38.4. The second kappa shape index (κ2) is 6.53. The van der Waals surface area contributed by atoms with Gasteiger partial charge >= 0.3 is 5.97 Å². The number of sulfonamides is 1. The molecule has 1 amide bonds. The van der Waals surface area contributed by atoms with Crippen molar-refractivity contribution in [1.82, 2.24) is 4.90 Å². The van der Waals surface area contributed by atoms with Crippen LogP contribution in [0.5, 0.6) is 0 Å². The highest BCUT2D eigenvalue weighted by Crippen LogP contribution is 2.24. The summed E-state index contributed by atoms with van der Waals surface area (Å²) in [6.07, 6.45) is 1.55. The van der Waals surface area contributed by atoms with E-state index in [1.165, 1.54) is 11.0 Å². The average Bonchev–Trinajstić information content (AvgIpc) is 2.47. The van der Waals surface area contributed by atoms with Gasteiger partial charge in [0.2, 0.25) is 10.0 Å². The van der Waals surface area contributed by atoms with E-state index in [1.54, 1.807) is 0 Å². The second-order valence-electron chi connectivity index (χ2n) is 5.47. The molecule has 7 nitrogen and oxygen atoms in total. The number of likely N-dealkylation sites (tertiary alicyclic amines) is 1. The Morgan fingerprint density at radius 2 is 1.91 bits per heavy atom. The number of carbonyl (C=O) groups is 2. The van der Waals surface area contributed by atoms with E-state index in [0.717, 1.165) is 18.4 Å². The van der Waals surface area contributed by atoms with E-state index in [-0.39, 0.29) is 24.3 Å². The van der Waals surface area contributed by atoms with Gasteiger partial charge < -0.3 is 10.0 Å². The molecule has 0 radical (unpaired) electrons. The van der Waals surface area contributed by atoms with Gasteiger partial charge in [-0.15, -0.1) is 0 Å². The lowest BCUT2D eigenvalue weighted by Crippen LogP contribution is -2.40. The van der Waals surface area contributed by atoms with Crippen LogP contribution in [0.25, 0.3) is 0 Å². The number of nitrogens with zero attached hydrogens (tertiary/aromatic N) is 1. The molecule has 1 aliphatic heterocycles. The maximum atomic E-state index is 13.4. The molecule has 23 heavy (non-hydrogen) atoms. The van der Waals surface area contributed by atoms with Crippen molar-refractivity contribution in [1.29, 1.82) is 0 Å². The van der Waals surface area contributed by atoms with Crippen LogP contribution < -0.4 is 4.72 Å². The smallest absolute Gasteiger partial charge is 0.306 e. The zero-order valence-electron chi connectivity index (χ0n) is 12.5. The molecule has 1 aromatic rings. The predicted molar refractivity (Wildman–Crippen MR) is 81.1 cm³/mol. The first-order valence-electron chi connectivity index (χ1n) is 6.97. The number of hydrogen-bond acceptors (Lipinski definition) is 4. The third-order valence-electron chi connectivity index (χ3n) is 3.64. The first kappa shape index (κ1) is 17.2. The summed E-state index contributed by atoms with van der Waals surface area (Å²) in [7, 11) is -3.62. The van der Waals surface area contributed by atoms with E-state index >= 15 is 0 Å². The van der Waals surface area contributed by atoms with Gasteiger partial charge in [-0.3, -0.25) is 14.3 Å². The van der Waals surface area contributed by atoms with E-state index < -0.39 is 33.6 Å². The summed E-state index contributed by atoms with van der Waals surface area (Å²) in [5.74, 6) is -2.59.